The van der Waals surface area contributed by atoms with Crippen molar-refractivity contribution in [3.05, 3.63) is 18.2 Å². The van der Waals surface area contributed by atoms with Gasteiger partial charge in [-0.2, -0.15) is 0 Å². The zero-order chi connectivity index (χ0) is 13.8. The molecule has 0 radical (unpaired) electrons. The fraction of sp³-hybridized carbons (Fsp3) is 0.786. The lowest BCUT2D eigenvalue weighted by Crippen LogP contribution is -2.37. The molecule has 0 aromatic carbocycles. The van der Waals surface area contributed by atoms with Crippen LogP contribution in [0.3, 0.4) is 0 Å². The molecule has 0 bridgehead atoms. The molecule has 1 rings (SSSR count). The lowest BCUT2D eigenvalue weighted by molar-refractivity contribution is 0.239. The molecule has 0 aliphatic rings. The highest BCUT2D eigenvalue weighted by Crippen LogP contribution is 2.18. The van der Waals surface area contributed by atoms with Crippen molar-refractivity contribution in [3.63, 3.8) is 0 Å². The Bertz CT molecular complexity index is 356. The van der Waals surface area contributed by atoms with Crippen molar-refractivity contribution in [1.82, 2.24) is 19.8 Å². The summed E-state index contributed by atoms with van der Waals surface area (Å²) in [5, 5.41) is 3.33. The van der Waals surface area contributed by atoms with Crippen LogP contribution in [0, 0.1) is 0 Å². The first kappa shape index (κ1) is 15.2. The minimum absolute atomic E-state index is 0.0363. The number of rotatable bonds is 7. The molecule has 0 saturated heterocycles. The van der Waals surface area contributed by atoms with Gasteiger partial charge in [0.1, 0.15) is 0 Å². The maximum Gasteiger partial charge on any atom is 0.0949 e. The van der Waals surface area contributed by atoms with Crippen molar-refractivity contribution in [2.75, 3.05) is 20.6 Å². The second-order valence-electron chi connectivity index (χ2n) is 5.59. The van der Waals surface area contributed by atoms with Crippen LogP contribution in [0.15, 0.2) is 12.5 Å². The first-order valence-electron chi connectivity index (χ1n) is 6.82. The summed E-state index contributed by atoms with van der Waals surface area (Å²) in [7, 11) is 4.18. The van der Waals surface area contributed by atoms with E-state index in [-0.39, 0.29) is 5.54 Å². The second-order valence-corrected chi connectivity index (χ2v) is 5.59. The lowest BCUT2D eigenvalue weighted by atomic mass is 10.0. The summed E-state index contributed by atoms with van der Waals surface area (Å²) < 4.78 is 2.25. The molecule has 4 nitrogen and oxygen atoms in total. The highest BCUT2D eigenvalue weighted by Gasteiger charge is 2.22. The molecule has 1 aromatic heterocycles. The Hall–Kier alpha value is -0.870. The van der Waals surface area contributed by atoms with Gasteiger partial charge in [0.15, 0.2) is 0 Å². The molecule has 0 saturated carbocycles. The Morgan fingerprint density at radius 1 is 1.50 bits per heavy atom. The molecular weight excluding hydrogens is 224 g/mol. The van der Waals surface area contributed by atoms with Crippen LogP contribution in [-0.2, 0) is 12.1 Å². The van der Waals surface area contributed by atoms with E-state index in [1.165, 1.54) is 12.1 Å². The third kappa shape index (κ3) is 3.56. The van der Waals surface area contributed by atoms with E-state index in [1.807, 2.05) is 19.6 Å². The van der Waals surface area contributed by atoms with E-state index in [4.69, 9.17) is 0 Å². The first-order valence-corrected chi connectivity index (χ1v) is 6.82. The molecule has 18 heavy (non-hydrogen) atoms. The van der Waals surface area contributed by atoms with Gasteiger partial charge < -0.3 is 14.8 Å². The fourth-order valence-corrected chi connectivity index (χ4v) is 1.94. The Balaban J connectivity index is 2.67. The molecule has 1 heterocycles. The van der Waals surface area contributed by atoms with Crippen molar-refractivity contribution in [1.29, 1.82) is 0 Å². The molecule has 1 atom stereocenters. The standard InChI is InChI=1S/C14H28N4/c1-7-12(2)17(6)8-9-18-11-16-10-13(18)14(3,4)15-5/h10-12,15H,7-9H2,1-6H3. The Morgan fingerprint density at radius 2 is 2.17 bits per heavy atom. The molecule has 0 fully saturated rings. The molecule has 0 amide bonds. The predicted molar refractivity (Wildman–Crippen MR) is 76.7 cm³/mol. The minimum atomic E-state index is -0.0363. The van der Waals surface area contributed by atoms with Crippen molar-refractivity contribution in [3.8, 4) is 0 Å². The van der Waals surface area contributed by atoms with Gasteiger partial charge in [-0.3, -0.25) is 0 Å². The lowest BCUT2D eigenvalue weighted by Gasteiger charge is -2.27. The fourth-order valence-electron chi connectivity index (χ4n) is 1.94. The topological polar surface area (TPSA) is 33.1 Å². The second kappa shape index (κ2) is 6.34. The van der Waals surface area contributed by atoms with E-state index in [9.17, 15) is 0 Å². The van der Waals surface area contributed by atoms with Gasteiger partial charge in [0.2, 0.25) is 0 Å². The van der Waals surface area contributed by atoms with Gasteiger partial charge in [0.05, 0.1) is 17.6 Å². The van der Waals surface area contributed by atoms with E-state index >= 15 is 0 Å². The van der Waals surface area contributed by atoms with Gasteiger partial charge in [0, 0.05) is 25.3 Å². The number of imidazole rings is 1. The predicted octanol–water partition coefficient (Wildman–Crippen LogP) is 2.07. The third-order valence-electron chi connectivity index (χ3n) is 4.01. The van der Waals surface area contributed by atoms with Gasteiger partial charge in [-0.1, -0.05) is 6.92 Å². The molecule has 1 N–H and O–H groups in total. The van der Waals surface area contributed by atoms with Crippen LogP contribution in [0.2, 0.25) is 0 Å². The molecular formula is C14H28N4. The van der Waals surface area contributed by atoms with E-state index in [0.29, 0.717) is 6.04 Å². The monoisotopic (exact) mass is 252 g/mol. The van der Waals surface area contributed by atoms with Gasteiger partial charge >= 0.3 is 0 Å². The average Bonchev–Trinajstić information content (AvgIpc) is 2.83. The molecule has 1 aromatic rings. The Morgan fingerprint density at radius 3 is 2.72 bits per heavy atom. The first-order chi connectivity index (χ1) is 8.42. The van der Waals surface area contributed by atoms with Crippen molar-refractivity contribution < 1.29 is 0 Å². The summed E-state index contributed by atoms with van der Waals surface area (Å²) in [6.07, 6.45) is 5.08. The van der Waals surface area contributed by atoms with Crippen LogP contribution in [0.25, 0.3) is 0 Å². The summed E-state index contributed by atoms with van der Waals surface area (Å²) in [5.41, 5.74) is 1.20. The van der Waals surface area contributed by atoms with E-state index in [2.05, 4.69) is 54.5 Å². The van der Waals surface area contributed by atoms with E-state index in [1.54, 1.807) is 0 Å². The van der Waals surface area contributed by atoms with Gasteiger partial charge in [-0.15, -0.1) is 0 Å². The summed E-state index contributed by atoms with van der Waals surface area (Å²) in [4.78, 5) is 6.68. The number of hydrogen-bond donors (Lipinski definition) is 1. The Labute approximate surface area is 111 Å². The summed E-state index contributed by atoms with van der Waals surface area (Å²) in [5.74, 6) is 0. The van der Waals surface area contributed by atoms with E-state index in [0.717, 1.165) is 13.1 Å². The van der Waals surface area contributed by atoms with Gasteiger partial charge in [-0.25, -0.2) is 4.98 Å². The van der Waals surface area contributed by atoms with Crippen molar-refractivity contribution in [2.24, 2.45) is 0 Å². The number of hydrogen-bond acceptors (Lipinski definition) is 3. The third-order valence-corrected chi connectivity index (χ3v) is 4.01. The zero-order valence-electron chi connectivity index (χ0n) is 12.7. The van der Waals surface area contributed by atoms with Crippen LogP contribution < -0.4 is 5.32 Å². The van der Waals surface area contributed by atoms with Crippen LogP contribution in [0.4, 0.5) is 0 Å². The maximum atomic E-state index is 4.28. The smallest absolute Gasteiger partial charge is 0.0949 e. The largest absolute Gasteiger partial charge is 0.332 e. The highest BCUT2D eigenvalue weighted by atomic mass is 15.2. The number of nitrogens with one attached hydrogen (secondary N) is 1. The van der Waals surface area contributed by atoms with Gasteiger partial charge in [0.25, 0.3) is 0 Å². The van der Waals surface area contributed by atoms with Crippen LogP contribution in [-0.4, -0.2) is 41.1 Å². The molecule has 0 aliphatic heterocycles. The SMILES string of the molecule is CCC(C)N(C)CCn1cncc1C(C)(C)NC. The van der Waals surface area contributed by atoms with Gasteiger partial charge in [-0.05, 0) is 41.3 Å². The van der Waals surface area contributed by atoms with Crippen LogP contribution >= 0.6 is 0 Å². The molecule has 104 valence electrons. The summed E-state index contributed by atoms with van der Waals surface area (Å²) in [6, 6.07) is 0.634. The normalized spacial score (nSPS) is 14.2. The Kier molecular flexibility index (Phi) is 5.35. The maximum absolute atomic E-state index is 4.28. The highest BCUT2D eigenvalue weighted by molar-refractivity contribution is 5.10. The number of nitrogens with zero attached hydrogens (tertiary/aromatic N) is 3. The van der Waals surface area contributed by atoms with Crippen LogP contribution in [0.5, 0.6) is 0 Å². The average molecular weight is 252 g/mol. The van der Waals surface area contributed by atoms with Crippen molar-refractivity contribution in [2.45, 2.75) is 52.2 Å². The molecule has 0 aliphatic carbocycles. The molecule has 1 unspecified atom stereocenters. The summed E-state index contributed by atoms with van der Waals surface area (Å²) in [6.45, 7) is 10.9. The molecule has 0 spiro atoms. The zero-order valence-corrected chi connectivity index (χ0v) is 12.7. The molecule has 4 heteroatoms. The van der Waals surface area contributed by atoms with Crippen molar-refractivity contribution >= 4 is 0 Å². The van der Waals surface area contributed by atoms with Crippen LogP contribution in [0.1, 0.15) is 39.8 Å². The number of likely N-dealkylation sites (N-methyl/N-ethyl adjacent to an activating group) is 1. The number of aromatic nitrogens is 2. The summed E-state index contributed by atoms with van der Waals surface area (Å²) >= 11 is 0. The van der Waals surface area contributed by atoms with E-state index < -0.39 is 0 Å². The minimum Gasteiger partial charge on any atom is -0.332 e. The quantitative estimate of drug-likeness (QED) is 0.806.